The number of hydrazone groups is 1. The van der Waals surface area contributed by atoms with E-state index in [1.165, 1.54) is 16.4 Å². The molecule has 3 rings (SSSR count). The second-order valence-corrected chi connectivity index (χ2v) is 7.20. The van der Waals surface area contributed by atoms with Gasteiger partial charge in [0, 0.05) is 17.1 Å². The molecule has 0 fully saturated rings. The number of nitrogens with one attached hydrogen (secondary N) is 1. The Morgan fingerprint density at radius 2 is 1.79 bits per heavy atom. The van der Waals surface area contributed by atoms with Crippen molar-refractivity contribution < 1.29 is 8.42 Å². The molecule has 3 N–H and O–H groups in total. The normalized spacial score (nSPS) is 11.8. The molecule has 0 spiro atoms. The van der Waals surface area contributed by atoms with Crippen molar-refractivity contribution in [3.05, 3.63) is 66.4 Å². The fraction of sp³-hybridized carbons (Fsp3) is 0. The van der Waals surface area contributed by atoms with Crippen molar-refractivity contribution in [2.24, 2.45) is 10.8 Å². The van der Waals surface area contributed by atoms with E-state index in [0.717, 1.165) is 5.39 Å². The molecule has 0 aliphatic carbocycles. The Morgan fingerprint density at radius 1 is 1.12 bits per heavy atom. The van der Waals surface area contributed by atoms with Crippen molar-refractivity contribution in [1.29, 1.82) is 0 Å². The van der Waals surface area contributed by atoms with Crippen molar-refractivity contribution in [1.82, 2.24) is 9.40 Å². The maximum absolute atomic E-state index is 12.9. The molecule has 3 aromatic rings. The molecule has 0 aliphatic rings. The van der Waals surface area contributed by atoms with E-state index in [1.807, 2.05) is 12.1 Å². The van der Waals surface area contributed by atoms with Gasteiger partial charge in [0.05, 0.1) is 16.6 Å². The van der Waals surface area contributed by atoms with E-state index in [2.05, 4.69) is 22.7 Å². The van der Waals surface area contributed by atoms with Gasteiger partial charge in [-0.15, -0.1) is 0 Å². The Balaban J connectivity index is 2.16. The van der Waals surface area contributed by atoms with Crippen molar-refractivity contribution in [3.63, 3.8) is 0 Å². The number of nitrogens with two attached hydrogens (primary N) is 1. The predicted octanol–water partition coefficient (Wildman–Crippen LogP) is 2.05. The lowest BCUT2D eigenvalue weighted by Crippen LogP contribution is -2.23. The van der Waals surface area contributed by atoms with E-state index in [9.17, 15) is 8.42 Å². The molecule has 0 amide bonds. The van der Waals surface area contributed by atoms with Crippen LogP contribution < -0.4 is 11.2 Å². The van der Waals surface area contributed by atoms with Gasteiger partial charge in [-0.05, 0) is 30.4 Å². The van der Waals surface area contributed by atoms with E-state index in [-0.39, 0.29) is 10.0 Å². The fourth-order valence-electron chi connectivity index (χ4n) is 2.35. The van der Waals surface area contributed by atoms with Crippen molar-refractivity contribution in [2.75, 3.05) is 0 Å². The Labute approximate surface area is 144 Å². The third kappa shape index (κ3) is 3.01. The van der Waals surface area contributed by atoms with Crippen LogP contribution in [0, 0.1) is 0 Å². The van der Waals surface area contributed by atoms with Crippen LogP contribution in [0.2, 0.25) is 0 Å². The van der Waals surface area contributed by atoms with Gasteiger partial charge in [0.25, 0.3) is 10.0 Å². The maximum atomic E-state index is 12.9. The minimum Gasteiger partial charge on any atom is -0.375 e. The highest BCUT2D eigenvalue weighted by Crippen LogP contribution is 2.24. The maximum Gasteiger partial charge on any atom is 0.268 e. The standard InChI is InChI=1S/C16H14N4O2S2/c17-16(23)19-18-10-12-11-20(15-9-5-4-8-14(12)15)24(21,22)13-6-2-1-3-7-13/h1-11H,(H3,17,19,23). The lowest BCUT2D eigenvalue weighted by Gasteiger charge is -2.07. The van der Waals surface area contributed by atoms with Gasteiger partial charge in [-0.2, -0.15) is 5.10 Å². The summed E-state index contributed by atoms with van der Waals surface area (Å²) in [5.74, 6) is 0. The molecule has 0 radical (unpaired) electrons. The molecule has 1 heterocycles. The third-order valence-electron chi connectivity index (χ3n) is 3.39. The minimum absolute atomic E-state index is 0.0342. The van der Waals surface area contributed by atoms with Crippen molar-refractivity contribution >= 4 is 44.5 Å². The van der Waals surface area contributed by atoms with Gasteiger partial charge in [0.2, 0.25) is 0 Å². The number of hydrogen-bond donors (Lipinski definition) is 2. The Bertz CT molecular complexity index is 1020. The molecule has 0 bridgehead atoms. The van der Waals surface area contributed by atoms with Crippen LogP contribution in [0.25, 0.3) is 10.9 Å². The molecule has 0 aliphatic heterocycles. The number of aromatic nitrogens is 1. The van der Waals surface area contributed by atoms with Gasteiger partial charge >= 0.3 is 0 Å². The molecule has 6 nitrogen and oxygen atoms in total. The first-order valence-corrected chi connectivity index (χ1v) is 8.84. The highest BCUT2D eigenvalue weighted by Gasteiger charge is 2.20. The number of hydrogen-bond acceptors (Lipinski definition) is 4. The van der Waals surface area contributed by atoms with Gasteiger partial charge in [0.1, 0.15) is 0 Å². The summed E-state index contributed by atoms with van der Waals surface area (Å²) in [5, 5.41) is 4.70. The summed E-state index contributed by atoms with van der Waals surface area (Å²) in [6.07, 6.45) is 3.01. The predicted molar refractivity (Wildman–Crippen MR) is 98.5 cm³/mol. The van der Waals surface area contributed by atoms with Crippen LogP contribution in [-0.2, 0) is 10.0 Å². The topological polar surface area (TPSA) is 89.5 Å². The number of para-hydroxylation sites is 1. The quantitative estimate of drug-likeness (QED) is 0.423. The molecule has 122 valence electrons. The zero-order valence-electron chi connectivity index (χ0n) is 12.5. The van der Waals surface area contributed by atoms with Crippen LogP contribution in [0.1, 0.15) is 5.56 Å². The van der Waals surface area contributed by atoms with Gasteiger partial charge < -0.3 is 5.73 Å². The molecule has 0 saturated heterocycles. The van der Waals surface area contributed by atoms with Crippen LogP contribution in [-0.4, -0.2) is 23.7 Å². The summed E-state index contributed by atoms with van der Waals surface area (Å²) in [4.78, 5) is 0.218. The summed E-state index contributed by atoms with van der Waals surface area (Å²) < 4.78 is 27.1. The lowest BCUT2D eigenvalue weighted by atomic mass is 10.2. The average molecular weight is 358 g/mol. The Hall–Kier alpha value is -2.71. The SMILES string of the molecule is NC(=S)NN=Cc1cn(S(=O)(=O)c2ccccc2)c2ccccc12. The molecule has 0 saturated carbocycles. The molecule has 24 heavy (non-hydrogen) atoms. The summed E-state index contributed by atoms with van der Waals surface area (Å²) >= 11 is 4.69. The van der Waals surface area contributed by atoms with Crippen molar-refractivity contribution in [3.8, 4) is 0 Å². The third-order valence-corrected chi connectivity index (χ3v) is 5.17. The molecule has 2 aromatic carbocycles. The largest absolute Gasteiger partial charge is 0.375 e. The molecule has 0 unspecified atom stereocenters. The minimum atomic E-state index is -3.70. The summed E-state index contributed by atoms with van der Waals surface area (Å²) in [7, 11) is -3.70. The lowest BCUT2D eigenvalue weighted by molar-refractivity contribution is 0.589. The number of fused-ring (bicyclic) bond motifs is 1. The first-order valence-electron chi connectivity index (χ1n) is 6.99. The first kappa shape index (κ1) is 16.2. The highest BCUT2D eigenvalue weighted by atomic mass is 32.2. The van der Waals surface area contributed by atoms with E-state index >= 15 is 0 Å². The number of rotatable bonds is 4. The van der Waals surface area contributed by atoms with Crippen LogP contribution in [0.3, 0.4) is 0 Å². The first-order chi connectivity index (χ1) is 11.5. The van der Waals surface area contributed by atoms with Crippen LogP contribution in [0.15, 0.2) is 70.8 Å². The van der Waals surface area contributed by atoms with Crippen LogP contribution in [0.4, 0.5) is 0 Å². The second-order valence-electron chi connectivity index (χ2n) is 4.95. The summed E-state index contributed by atoms with van der Waals surface area (Å²) in [6, 6.07) is 15.5. The fourth-order valence-corrected chi connectivity index (χ4v) is 3.80. The highest BCUT2D eigenvalue weighted by molar-refractivity contribution is 7.90. The van der Waals surface area contributed by atoms with E-state index in [1.54, 1.807) is 42.5 Å². The molecule has 0 atom stereocenters. The van der Waals surface area contributed by atoms with E-state index in [0.29, 0.717) is 11.1 Å². The zero-order chi connectivity index (χ0) is 17.2. The van der Waals surface area contributed by atoms with E-state index < -0.39 is 10.0 Å². The summed E-state index contributed by atoms with van der Waals surface area (Å²) in [5.41, 5.74) is 8.98. The van der Waals surface area contributed by atoms with Gasteiger partial charge in [-0.3, -0.25) is 5.43 Å². The smallest absolute Gasteiger partial charge is 0.268 e. The Morgan fingerprint density at radius 3 is 2.50 bits per heavy atom. The Kier molecular flexibility index (Phi) is 4.32. The average Bonchev–Trinajstić information content (AvgIpc) is 2.95. The van der Waals surface area contributed by atoms with Crippen molar-refractivity contribution in [2.45, 2.75) is 4.90 Å². The second kappa shape index (κ2) is 6.42. The molecular weight excluding hydrogens is 344 g/mol. The molecule has 1 aromatic heterocycles. The van der Waals surface area contributed by atoms with Crippen LogP contribution >= 0.6 is 12.2 Å². The zero-order valence-corrected chi connectivity index (χ0v) is 14.1. The van der Waals surface area contributed by atoms with Gasteiger partial charge in [-0.1, -0.05) is 36.4 Å². The van der Waals surface area contributed by atoms with Crippen LogP contribution in [0.5, 0.6) is 0 Å². The van der Waals surface area contributed by atoms with Gasteiger partial charge in [0.15, 0.2) is 5.11 Å². The summed E-state index contributed by atoms with van der Waals surface area (Å²) in [6.45, 7) is 0. The molecular formula is C16H14N4O2S2. The van der Waals surface area contributed by atoms with Gasteiger partial charge in [-0.25, -0.2) is 12.4 Å². The molecule has 8 heteroatoms. The number of nitrogens with zero attached hydrogens (tertiary/aromatic N) is 2. The number of benzene rings is 2. The number of thiocarbonyl (C=S) groups is 1. The monoisotopic (exact) mass is 358 g/mol. The van der Waals surface area contributed by atoms with E-state index in [4.69, 9.17) is 5.73 Å².